The lowest BCUT2D eigenvalue weighted by molar-refractivity contribution is 0.300. The summed E-state index contributed by atoms with van der Waals surface area (Å²) in [5.41, 5.74) is 8.46. The molecule has 0 radical (unpaired) electrons. The largest absolute Gasteiger partial charge is 0.385 e. The highest BCUT2D eigenvalue weighted by Crippen LogP contribution is 2.17. The second-order valence-corrected chi connectivity index (χ2v) is 7.02. The van der Waals surface area contributed by atoms with E-state index in [1.54, 1.807) is 0 Å². The first-order valence-corrected chi connectivity index (χ1v) is 9.94. The van der Waals surface area contributed by atoms with Crippen molar-refractivity contribution in [2.75, 3.05) is 12.4 Å². The normalized spacial score (nSPS) is 25.1. The van der Waals surface area contributed by atoms with Crippen molar-refractivity contribution in [3.05, 3.63) is 96.4 Å². The number of nitrogens with zero attached hydrogens (tertiary/aromatic N) is 1. The van der Waals surface area contributed by atoms with Gasteiger partial charge in [0.05, 0.1) is 5.82 Å². The Balaban J connectivity index is 1.97. The van der Waals surface area contributed by atoms with Gasteiger partial charge in [-0.2, -0.15) is 0 Å². The Morgan fingerprint density at radius 3 is 2.64 bits per heavy atom. The van der Waals surface area contributed by atoms with Crippen LogP contribution < -0.4 is 11.1 Å². The van der Waals surface area contributed by atoms with Gasteiger partial charge in [0.25, 0.3) is 0 Å². The molecule has 0 aromatic heterocycles. The van der Waals surface area contributed by atoms with Gasteiger partial charge in [-0.05, 0) is 50.5 Å². The van der Waals surface area contributed by atoms with Crippen LogP contribution >= 0.6 is 0 Å². The van der Waals surface area contributed by atoms with Crippen LogP contribution in [-0.4, -0.2) is 24.0 Å². The number of hydrogen-bond acceptors (Lipinski definition) is 3. The Kier molecular flexibility index (Phi) is 8.93. The number of hydrogen-bond donors (Lipinski definition) is 2. The van der Waals surface area contributed by atoms with E-state index in [-0.39, 0.29) is 6.04 Å². The van der Waals surface area contributed by atoms with Crippen molar-refractivity contribution >= 4 is 11.8 Å². The Morgan fingerprint density at radius 2 is 1.89 bits per heavy atom. The first-order chi connectivity index (χ1) is 13.6. The van der Waals surface area contributed by atoms with E-state index in [2.05, 4.69) is 77.9 Å². The molecule has 0 saturated heterocycles. The minimum atomic E-state index is 0.242. The summed E-state index contributed by atoms with van der Waals surface area (Å²) < 4.78 is 0. The van der Waals surface area contributed by atoms with Crippen LogP contribution in [0.4, 0.5) is 5.69 Å². The van der Waals surface area contributed by atoms with Crippen LogP contribution in [0.15, 0.2) is 90.8 Å². The van der Waals surface area contributed by atoms with Crippen LogP contribution in [0.25, 0.3) is 6.08 Å². The average Bonchev–Trinajstić information content (AvgIpc) is 2.70. The van der Waals surface area contributed by atoms with Gasteiger partial charge in [-0.25, -0.2) is 0 Å². The number of nitrogens with one attached hydrogen (secondary N) is 1. The molecule has 0 saturated carbocycles. The third kappa shape index (κ3) is 7.36. The quantitative estimate of drug-likeness (QED) is 0.632. The van der Waals surface area contributed by atoms with Gasteiger partial charge in [0.2, 0.25) is 0 Å². The second kappa shape index (κ2) is 11.7. The van der Waals surface area contributed by atoms with E-state index in [0.717, 1.165) is 24.4 Å². The highest BCUT2D eigenvalue weighted by molar-refractivity contribution is 5.55. The van der Waals surface area contributed by atoms with E-state index in [1.807, 2.05) is 44.4 Å². The summed E-state index contributed by atoms with van der Waals surface area (Å²) in [4.78, 5) is 2.12. The van der Waals surface area contributed by atoms with Gasteiger partial charge in [0.15, 0.2) is 0 Å². The first kappa shape index (κ1) is 21.4. The lowest BCUT2D eigenvalue weighted by Gasteiger charge is -2.30. The molecule has 0 aliphatic carbocycles. The SMILES string of the molecule is C/C=C\C=CC/C=C/c1ccc(NC2/C=C/C=C\C=C(/N)N(C)C(C)C2)cc1. The molecular weight excluding hydrogens is 342 g/mol. The molecule has 0 fully saturated rings. The number of rotatable bonds is 6. The van der Waals surface area contributed by atoms with Crippen LogP contribution in [0.5, 0.6) is 0 Å². The van der Waals surface area contributed by atoms with Gasteiger partial charge < -0.3 is 16.0 Å². The molecule has 0 spiro atoms. The Morgan fingerprint density at radius 1 is 1.11 bits per heavy atom. The predicted molar refractivity (Wildman–Crippen MR) is 124 cm³/mol. The van der Waals surface area contributed by atoms with Gasteiger partial charge in [-0.3, -0.25) is 0 Å². The summed E-state index contributed by atoms with van der Waals surface area (Å²) in [5, 5.41) is 3.63. The van der Waals surface area contributed by atoms with Crippen LogP contribution in [0.2, 0.25) is 0 Å². The second-order valence-electron chi connectivity index (χ2n) is 7.02. The van der Waals surface area contributed by atoms with Crippen molar-refractivity contribution < 1.29 is 0 Å². The molecule has 3 heteroatoms. The Hall–Kier alpha value is -2.94. The first-order valence-electron chi connectivity index (χ1n) is 9.94. The molecule has 1 aliphatic rings. The van der Waals surface area contributed by atoms with Crippen LogP contribution in [0.1, 0.15) is 32.3 Å². The maximum atomic E-state index is 6.12. The van der Waals surface area contributed by atoms with Crippen molar-refractivity contribution in [1.29, 1.82) is 0 Å². The van der Waals surface area contributed by atoms with Gasteiger partial charge in [-0.15, -0.1) is 0 Å². The molecule has 148 valence electrons. The molecule has 1 heterocycles. The van der Waals surface area contributed by atoms with E-state index in [9.17, 15) is 0 Å². The maximum absolute atomic E-state index is 6.12. The molecule has 0 amide bonds. The van der Waals surface area contributed by atoms with E-state index >= 15 is 0 Å². The highest BCUT2D eigenvalue weighted by Gasteiger charge is 2.15. The van der Waals surface area contributed by atoms with Crippen molar-refractivity contribution in [2.24, 2.45) is 5.73 Å². The maximum Gasteiger partial charge on any atom is 0.0986 e. The Labute approximate surface area is 170 Å². The number of anilines is 1. The standard InChI is InChI=1S/C25H33N3/c1-4-5-6-7-8-10-13-22-16-18-23(19-17-22)27-24-14-11-9-12-15-25(26)28(3)21(2)20-24/h4-7,9-19,21,24,27H,8,20,26H2,1-3H3/b5-4-,7-6?,12-9-,13-10+,14-11+,25-15+. The molecule has 1 aromatic rings. The summed E-state index contributed by atoms with van der Waals surface area (Å²) in [6, 6.07) is 9.15. The van der Waals surface area contributed by atoms with Crippen LogP contribution in [-0.2, 0) is 0 Å². The van der Waals surface area contributed by atoms with Gasteiger partial charge in [-0.1, -0.05) is 72.9 Å². The van der Waals surface area contributed by atoms with Crippen molar-refractivity contribution in [1.82, 2.24) is 4.90 Å². The van der Waals surface area contributed by atoms with E-state index in [4.69, 9.17) is 5.73 Å². The molecule has 0 bridgehead atoms. The minimum Gasteiger partial charge on any atom is -0.385 e. The lowest BCUT2D eigenvalue weighted by atomic mass is 10.1. The summed E-state index contributed by atoms with van der Waals surface area (Å²) in [7, 11) is 2.04. The molecule has 1 aliphatic heterocycles. The molecule has 3 nitrogen and oxygen atoms in total. The fourth-order valence-corrected chi connectivity index (χ4v) is 2.96. The van der Waals surface area contributed by atoms with E-state index in [1.165, 1.54) is 5.56 Å². The smallest absolute Gasteiger partial charge is 0.0986 e. The summed E-state index contributed by atoms with van der Waals surface area (Å²) in [6.07, 6.45) is 24.8. The van der Waals surface area contributed by atoms with Crippen LogP contribution in [0.3, 0.4) is 0 Å². The van der Waals surface area contributed by atoms with Gasteiger partial charge >= 0.3 is 0 Å². The summed E-state index contributed by atoms with van der Waals surface area (Å²) in [6.45, 7) is 4.22. The zero-order chi connectivity index (χ0) is 20.2. The zero-order valence-electron chi connectivity index (χ0n) is 17.3. The zero-order valence-corrected chi connectivity index (χ0v) is 17.3. The molecular formula is C25H33N3. The van der Waals surface area contributed by atoms with Gasteiger partial charge in [0.1, 0.15) is 0 Å². The molecule has 1 aromatic carbocycles. The number of nitrogens with two attached hydrogens (primary N) is 1. The average molecular weight is 376 g/mol. The van der Waals surface area contributed by atoms with E-state index in [0.29, 0.717) is 6.04 Å². The van der Waals surface area contributed by atoms with Crippen molar-refractivity contribution in [3.8, 4) is 0 Å². The molecule has 2 atom stereocenters. The minimum absolute atomic E-state index is 0.242. The van der Waals surface area contributed by atoms with Crippen molar-refractivity contribution in [2.45, 2.75) is 38.8 Å². The van der Waals surface area contributed by atoms with Crippen molar-refractivity contribution in [3.63, 3.8) is 0 Å². The third-order valence-corrected chi connectivity index (χ3v) is 4.78. The van der Waals surface area contributed by atoms with E-state index < -0.39 is 0 Å². The summed E-state index contributed by atoms with van der Waals surface area (Å²) in [5.74, 6) is 0.787. The Bertz CT molecular complexity index is 763. The highest BCUT2D eigenvalue weighted by atomic mass is 15.2. The number of allylic oxidation sites excluding steroid dienone is 9. The lowest BCUT2D eigenvalue weighted by Crippen LogP contribution is -2.36. The molecule has 2 rings (SSSR count). The number of benzene rings is 1. The fourth-order valence-electron chi connectivity index (χ4n) is 2.96. The monoisotopic (exact) mass is 375 g/mol. The van der Waals surface area contributed by atoms with Gasteiger partial charge in [0, 0.05) is 24.8 Å². The topological polar surface area (TPSA) is 41.3 Å². The third-order valence-electron chi connectivity index (χ3n) is 4.78. The van der Waals surface area contributed by atoms with Crippen LogP contribution in [0, 0.1) is 0 Å². The molecule has 2 unspecified atom stereocenters. The molecule has 3 N–H and O–H groups in total. The fraction of sp³-hybridized carbons (Fsp3) is 0.280. The molecule has 28 heavy (non-hydrogen) atoms. The predicted octanol–water partition coefficient (Wildman–Crippen LogP) is 5.64. The summed E-state index contributed by atoms with van der Waals surface area (Å²) >= 11 is 0.